The first-order chi connectivity index (χ1) is 9.26. The third-order valence-electron chi connectivity index (χ3n) is 2.64. The number of benzene rings is 1. The molecule has 19 heavy (non-hydrogen) atoms. The molecule has 0 aliphatic rings. The van der Waals surface area contributed by atoms with Crippen molar-refractivity contribution in [3.63, 3.8) is 0 Å². The molecule has 0 fully saturated rings. The second kappa shape index (κ2) is 9.64. The van der Waals surface area contributed by atoms with E-state index in [9.17, 15) is 5.11 Å². The molecule has 0 aliphatic heterocycles. The molecular weight excluding hydrogens is 242 g/mol. The van der Waals surface area contributed by atoms with Crippen LogP contribution in [0.2, 0.25) is 0 Å². The Balaban J connectivity index is 2.25. The Hall–Kier alpha value is -1.26. The van der Waals surface area contributed by atoms with Gasteiger partial charge in [0.2, 0.25) is 0 Å². The third-order valence-corrected chi connectivity index (χ3v) is 2.64. The molecule has 1 rings (SSSR count). The van der Waals surface area contributed by atoms with Crippen molar-refractivity contribution in [2.75, 3.05) is 31.7 Å². The summed E-state index contributed by atoms with van der Waals surface area (Å²) in [6.45, 7) is 6.29. The highest BCUT2D eigenvalue weighted by atomic mass is 16.5. The van der Waals surface area contributed by atoms with Gasteiger partial charge in [0.1, 0.15) is 5.75 Å². The fourth-order valence-corrected chi connectivity index (χ4v) is 1.62. The van der Waals surface area contributed by atoms with Gasteiger partial charge in [0, 0.05) is 24.9 Å². The highest BCUT2D eigenvalue weighted by molar-refractivity contribution is 5.48. The Bertz CT molecular complexity index is 344. The number of aliphatic hydroxyl groups excluding tert-OH is 1. The molecule has 1 aromatic carbocycles. The monoisotopic (exact) mass is 267 g/mol. The Kier molecular flexibility index (Phi) is 8.02. The number of unbranched alkanes of at least 4 members (excludes halogenated alkanes) is 1. The van der Waals surface area contributed by atoms with Gasteiger partial charge in [-0.15, -0.1) is 0 Å². The SMILES string of the molecule is CCCCOCC(O)CNc1cccc(OCC)c1. The van der Waals surface area contributed by atoms with Gasteiger partial charge in [-0.2, -0.15) is 0 Å². The van der Waals surface area contributed by atoms with Crippen LogP contribution in [-0.2, 0) is 4.74 Å². The van der Waals surface area contributed by atoms with E-state index in [1.807, 2.05) is 31.2 Å². The van der Waals surface area contributed by atoms with Crippen molar-refractivity contribution in [1.29, 1.82) is 0 Å². The Labute approximate surface area is 115 Å². The zero-order valence-electron chi connectivity index (χ0n) is 11.9. The van der Waals surface area contributed by atoms with Gasteiger partial charge in [0.05, 0.1) is 19.3 Å². The molecule has 2 N–H and O–H groups in total. The van der Waals surface area contributed by atoms with E-state index in [0.29, 0.717) is 26.4 Å². The number of rotatable bonds is 10. The van der Waals surface area contributed by atoms with E-state index in [1.165, 1.54) is 0 Å². The highest BCUT2D eigenvalue weighted by Crippen LogP contribution is 2.17. The summed E-state index contributed by atoms with van der Waals surface area (Å²) < 4.78 is 10.8. The van der Waals surface area contributed by atoms with E-state index in [0.717, 1.165) is 24.3 Å². The largest absolute Gasteiger partial charge is 0.494 e. The molecule has 0 saturated carbocycles. The number of hydrogen-bond acceptors (Lipinski definition) is 4. The standard InChI is InChI=1S/C15H25NO3/c1-3-5-9-18-12-14(17)11-16-13-7-6-8-15(10-13)19-4-2/h6-8,10,14,16-17H,3-5,9,11-12H2,1-2H3. The van der Waals surface area contributed by atoms with Crippen LogP contribution in [0.3, 0.4) is 0 Å². The van der Waals surface area contributed by atoms with Crippen LogP contribution in [0.5, 0.6) is 5.75 Å². The van der Waals surface area contributed by atoms with E-state index >= 15 is 0 Å². The first-order valence-corrected chi connectivity index (χ1v) is 6.98. The zero-order chi connectivity index (χ0) is 13.9. The third kappa shape index (κ3) is 7.03. The highest BCUT2D eigenvalue weighted by Gasteiger charge is 2.04. The Morgan fingerprint density at radius 3 is 2.89 bits per heavy atom. The van der Waals surface area contributed by atoms with Gasteiger partial charge in [-0.3, -0.25) is 0 Å². The molecule has 1 aromatic rings. The van der Waals surface area contributed by atoms with Gasteiger partial charge < -0.3 is 19.9 Å². The lowest BCUT2D eigenvalue weighted by Gasteiger charge is -2.14. The fraction of sp³-hybridized carbons (Fsp3) is 0.600. The van der Waals surface area contributed by atoms with E-state index in [-0.39, 0.29) is 0 Å². The van der Waals surface area contributed by atoms with Gasteiger partial charge in [-0.05, 0) is 25.5 Å². The van der Waals surface area contributed by atoms with Crippen LogP contribution in [0.25, 0.3) is 0 Å². The fourth-order valence-electron chi connectivity index (χ4n) is 1.62. The average Bonchev–Trinajstić information content (AvgIpc) is 2.42. The molecule has 0 bridgehead atoms. The molecule has 108 valence electrons. The molecular formula is C15H25NO3. The van der Waals surface area contributed by atoms with Crippen molar-refractivity contribution in [2.24, 2.45) is 0 Å². The maximum Gasteiger partial charge on any atom is 0.121 e. The van der Waals surface area contributed by atoms with Crippen molar-refractivity contribution >= 4 is 5.69 Å². The van der Waals surface area contributed by atoms with E-state index in [2.05, 4.69) is 12.2 Å². The molecule has 0 aromatic heterocycles. The summed E-state index contributed by atoms with van der Waals surface area (Å²) in [5.74, 6) is 0.834. The van der Waals surface area contributed by atoms with Gasteiger partial charge in [0.25, 0.3) is 0 Å². The lowest BCUT2D eigenvalue weighted by Crippen LogP contribution is -2.25. The van der Waals surface area contributed by atoms with Crippen LogP contribution in [0.15, 0.2) is 24.3 Å². The number of anilines is 1. The van der Waals surface area contributed by atoms with E-state index in [4.69, 9.17) is 9.47 Å². The minimum atomic E-state index is -0.493. The summed E-state index contributed by atoms with van der Waals surface area (Å²) in [7, 11) is 0. The van der Waals surface area contributed by atoms with Crippen LogP contribution in [0.1, 0.15) is 26.7 Å². The molecule has 1 unspecified atom stereocenters. The van der Waals surface area contributed by atoms with Crippen molar-refractivity contribution < 1.29 is 14.6 Å². The zero-order valence-corrected chi connectivity index (χ0v) is 11.9. The van der Waals surface area contributed by atoms with Crippen LogP contribution >= 0.6 is 0 Å². The van der Waals surface area contributed by atoms with Gasteiger partial charge in [-0.1, -0.05) is 19.4 Å². The summed E-state index contributed by atoms with van der Waals surface area (Å²) in [4.78, 5) is 0. The Morgan fingerprint density at radius 2 is 2.16 bits per heavy atom. The molecule has 0 spiro atoms. The quantitative estimate of drug-likeness (QED) is 0.640. The number of aliphatic hydroxyl groups is 1. The summed E-state index contributed by atoms with van der Waals surface area (Å²) in [6.07, 6.45) is 1.65. The van der Waals surface area contributed by atoms with Crippen molar-refractivity contribution in [2.45, 2.75) is 32.8 Å². The van der Waals surface area contributed by atoms with Gasteiger partial charge in [-0.25, -0.2) is 0 Å². The van der Waals surface area contributed by atoms with Gasteiger partial charge in [0.15, 0.2) is 0 Å². The molecule has 4 heteroatoms. The van der Waals surface area contributed by atoms with Gasteiger partial charge >= 0.3 is 0 Å². The summed E-state index contributed by atoms with van der Waals surface area (Å²) in [6, 6.07) is 7.72. The molecule has 4 nitrogen and oxygen atoms in total. The maximum atomic E-state index is 9.76. The van der Waals surface area contributed by atoms with Crippen LogP contribution in [0.4, 0.5) is 5.69 Å². The normalized spacial score (nSPS) is 12.2. The second-order valence-corrected chi connectivity index (χ2v) is 4.42. The first-order valence-electron chi connectivity index (χ1n) is 6.98. The molecule has 1 atom stereocenters. The molecule has 0 aliphatic carbocycles. The van der Waals surface area contributed by atoms with Crippen LogP contribution in [-0.4, -0.2) is 37.6 Å². The van der Waals surface area contributed by atoms with Crippen molar-refractivity contribution in [3.8, 4) is 5.75 Å². The summed E-state index contributed by atoms with van der Waals surface area (Å²) >= 11 is 0. The van der Waals surface area contributed by atoms with Crippen molar-refractivity contribution in [3.05, 3.63) is 24.3 Å². The van der Waals surface area contributed by atoms with Crippen molar-refractivity contribution in [1.82, 2.24) is 0 Å². The topological polar surface area (TPSA) is 50.7 Å². The maximum absolute atomic E-state index is 9.76. The first kappa shape index (κ1) is 15.8. The summed E-state index contributed by atoms with van der Waals surface area (Å²) in [5, 5.41) is 12.9. The number of nitrogens with one attached hydrogen (secondary N) is 1. The van der Waals surface area contributed by atoms with E-state index < -0.39 is 6.10 Å². The summed E-state index contributed by atoms with van der Waals surface area (Å²) in [5.41, 5.74) is 0.943. The lowest BCUT2D eigenvalue weighted by atomic mass is 10.3. The van der Waals surface area contributed by atoms with E-state index in [1.54, 1.807) is 0 Å². The minimum absolute atomic E-state index is 0.373. The number of hydrogen-bond donors (Lipinski definition) is 2. The lowest BCUT2D eigenvalue weighted by molar-refractivity contribution is 0.0422. The molecule has 0 heterocycles. The predicted octanol–water partition coefficient (Wildman–Crippen LogP) is 2.67. The number of ether oxygens (including phenoxy) is 2. The smallest absolute Gasteiger partial charge is 0.121 e. The Morgan fingerprint density at radius 1 is 1.32 bits per heavy atom. The van der Waals surface area contributed by atoms with Crippen LogP contribution in [0, 0.1) is 0 Å². The molecule has 0 radical (unpaired) electrons. The minimum Gasteiger partial charge on any atom is -0.494 e. The predicted molar refractivity (Wildman–Crippen MR) is 77.8 cm³/mol. The average molecular weight is 267 g/mol. The molecule has 0 amide bonds. The molecule has 0 saturated heterocycles. The second-order valence-electron chi connectivity index (χ2n) is 4.42. The van der Waals surface area contributed by atoms with Crippen LogP contribution < -0.4 is 10.1 Å².